The van der Waals surface area contributed by atoms with Crippen LogP contribution in [0.1, 0.15) is 12.5 Å². The molecule has 0 saturated heterocycles. The van der Waals surface area contributed by atoms with E-state index >= 15 is 0 Å². The van der Waals surface area contributed by atoms with E-state index in [9.17, 15) is 10.1 Å². The zero-order chi connectivity index (χ0) is 31.7. The molecule has 2 aromatic heterocycles. The van der Waals surface area contributed by atoms with E-state index in [-0.39, 0.29) is 19.4 Å². The highest BCUT2D eigenvalue weighted by Crippen LogP contribution is 2.42. The lowest BCUT2D eigenvalue weighted by Crippen LogP contribution is -2.29. The smallest absolute Gasteiger partial charge is 0.235 e. The first kappa shape index (κ1) is 34.8. The van der Waals surface area contributed by atoms with E-state index < -0.39 is 15.3 Å². The van der Waals surface area contributed by atoms with Gasteiger partial charge in [0.25, 0.3) is 0 Å². The number of fused-ring (bicyclic) bond motifs is 1. The van der Waals surface area contributed by atoms with Crippen molar-refractivity contribution < 1.29 is 28.5 Å². The zero-order valence-corrected chi connectivity index (χ0v) is 28.3. The van der Waals surface area contributed by atoms with Gasteiger partial charge in [-0.3, -0.25) is 4.79 Å². The summed E-state index contributed by atoms with van der Waals surface area (Å²) >= 11 is 8.01. The summed E-state index contributed by atoms with van der Waals surface area (Å²) in [6.07, 6.45) is 8.40. The molecule has 0 aliphatic rings. The van der Waals surface area contributed by atoms with Gasteiger partial charge in [0.2, 0.25) is 5.91 Å². The number of carbonyl (C=O) groups excluding carboxylic acids is 1. The summed E-state index contributed by atoms with van der Waals surface area (Å²) in [7, 11) is 5.78. The maximum absolute atomic E-state index is 12.7. The molecule has 0 spiro atoms. The number of amides is 1. The second kappa shape index (κ2) is 15.8. The van der Waals surface area contributed by atoms with Crippen molar-refractivity contribution in [3.63, 3.8) is 0 Å². The molecule has 0 bridgehead atoms. The van der Waals surface area contributed by atoms with Crippen molar-refractivity contribution >= 4 is 50.3 Å². The number of carbonyl (C=O) groups is 1. The summed E-state index contributed by atoms with van der Waals surface area (Å²) in [5, 5.41) is 10.9. The molecule has 0 radical (unpaired) electrons. The third-order valence-corrected chi connectivity index (χ3v) is 8.85. The highest BCUT2D eigenvalue weighted by Gasteiger charge is 2.25. The Morgan fingerprint density at radius 1 is 1.14 bits per heavy atom. The van der Waals surface area contributed by atoms with E-state index in [0.717, 1.165) is 5.75 Å². The Balaban J connectivity index is 2.14. The summed E-state index contributed by atoms with van der Waals surface area (Å²) in [6, 6.07) is 5.60. The Morgan fingerprint density at radius 3 is 2.51 bits per heavy atom. The monoisotopic (exact) mass is 653 g/mol. The number of aromatic nitrogens is 3. The standard InChI is InChI=1S/C29H40ClN5O6S2/c1-19(28(36)34(2)3)42-29-32-26(21-13-24(23(38-5)14-22(21)30)41-18-40-10-9-37-4)25-20(15-31)16-35(27(25)33-29)17-39-11-12-43(6,7)8/h13-14,16,19H,9-12,17-18H2,1-8H3. The van der Waals surface area contributed by atoms with Crippen LogP contribution in [-0.2, 0) is 25.7 Å². The van der Waals surface area contributed by atoms with Crippen LogP contribution in [0.2, 0.25) is 5.02 Å². The van der Waals surface area contributed by atoms with Crippen molar-refractivity contribution in [2.24, 2.45) is 0 Å². The van der Waals surface area contributed by atoms with E-state index in [2.05, 4.69) is 24.8 Å². The fraction of sp³-hybridized carbons (Fsp3) is 0.517. The van der Waals surface area contributed by atoms with E-state index in [0.29, 0.717) is 69.4 Å². The van der Waals surface area contributed by atoms with Crippen molar-refractivity contribution in [2.45, 2.75) is 24.1 Å². The Kier molecular flexibility index (Phi) is 12.8. The lowest BCUT2D eigenvalue weighted by Gasteiger charge is -2.24. The van der Waals surface area contributed by atoms with Gasteiger partial charge in [0.05, 0.1) is 53.8 Å². The molecule has 0 aliphatic heterocycles. The minimum Gasteiger partial charge on any atom is -0.493 e. The second-order valence-electron chi connectivity index (χ2n) is 10.6. The first-order chi connectivity index (χ1) is 20.4. The fourth-order valence-corrected chi connectivity index (χ4v) is 5.71. The molecule has 1 amide bonds. The number of hydrogen-bond acceptors (Lipinski definition) is 10. The van der Waals surface area contributed by atoms with Gasteiger partial charge < -0.3 is 33.2 Å². The predicted molar refractivity (Wildman–Crippen MR) is 173 cm³/mol. The largest absolute Gasteiger partial charge is 0.493 e. The number of rotatable bonds is 16. The van der Waals surface area contributed by atoms with Crippen LogP contribution in [-0.4, -0.2) is 110 Å². The van der Waals surface area contributed by atoms with Crippen molar-refractivity contribution in [1.29, 1.82) is 5.26 Å². The third kappa shape index (κ3) is 9.38. The molecule has 0 aliphatic carbocycles. The molecular weight excluding hydrogens is 614 g/mol. The molecule has 14 heteroatoms. The molecule has 0 N–H and O–H groups in total. The van der Waals surface area contributed by atoms with Crippen LogP contribution in [0, 0.1) is 11.3 Å². The van der Waals surface area contributed by atoms with Crippen LogP contribution in [0.3, 0.4) is 0 Å². The number of nitriles is 1. The van der Waals surface area contributed by atoms with E-state index in [1.165, 1.54) is 23.8 Å². The van der Waals surface area contributed by atoms with Gasteiger partial charge in [0, 0.05) is 44.8 Å². The normalized spacial score (nSPS) is 12.7. The highest BCUT2D eigenvalue weighted by atomic mass is 35.5. The van der Waals surface area contributed by atoms with Crippen LogP contribution in [0.25, 0.3) is 22.3 Å². The zero-order valence-electron chi connectivity index (χ0n) is 25.9. The summed E-state index contributed by atoms with van der Waals surface area (Å²) in [5.74, 6) is 1.65. The van der Waals surface area contributed by atoms with E-state index in [1.54, 1.807) is 51.0 Å². The minimum absolute atomic E-state index is 0.0430. The molecule has 1 unspecified atom stereocenters. The van der Waals surface area contributed by atoms with E-state index in [4.69, 9.17) is 45.3 Å². The van der Waals surface area contributed by atoms with Crippen LogP contribution in [0.15, 0.2) is 23.5 Å². The number of ether oxygens (including phenoxy) is 5. The van der Waals surface area contributed by atoms with Crippen LogP contribution in [0.5, 0.6) is 11.5 Å². The molecule has 3 aromatic rings. The molecule has 43 heavy (non-hydrogen) atoms. The van der Waals surface area contributed by atoms with Gasteiger partial charge in [-0.25, -0.2) is 20.0 Å². The highest BCUT2D eigenvalue weighted by molar-refractivity contribution is 8.32. The van der Waals surface area contributed by atoms with Gasteiger partial charge in [0.1, 0.15) is 18.4 Å². The van der Waals surface area contributed by atoms with Crippen molar-refractivity contribution in [3.05, 3.63) is 28.9 Å². The molecule has 1 atom stereocenters. The molecule has 0 fully saturated rings. The molecule has 2 heterocycles. The first-order valence-corrected chi connectivity index (χ1v) is 17.7. The Hall–Kier alpha value is -2.73. The summed E-state index contributed by atoms with van der Waals surface area (Å²) in [5.41, 5.74) is 1.78. The molecule has 11 nitrogen and oxygen atoms in total. The predicted octanol–water partition coefficient (Wildman–Crippen LogP) is 4.87. The number of benzene rings is 1. The summed E-state index contributed by atoms with van der Waals surface area (Å²) < 4.78 is 29.6. The van der Waals surface area contributed by atoms with Crippen molar-refractivity contribution in [3.8, 4) is 28.8 Å². The summed E-state index contributed by atoms with van der Waals surface area (Å²) in [6.45, 7) is 3.31. The van der Waals surface area contributed by atoms with Gasteiger partial charge in [-0.05, 0) is 31.8 Å². The maximum Gasteiger partial charge on any atom is 0.235 e. The van der Waals surface area contributed by atoms with Crippen molar-refractivity contribution in [1.82, 2.24) is 19.4 Å². The quantitative estimate of drug-likeness (QED) is 0.0916. The van der Waals surface area contributed by atoms with E-state index in [1.807, 2.05) is 0 Å². The second-order valence-corrected chi connectivity index (χ2v) is 17.0. The van der Waals surface area contributed by atoms with Gasteiger partial charge in [0.15, 0.2) is 23.4 Å². The molecule has 3 rings (SSSR count). The third-order valence-electron chi connectivity index (χ3n) is 6.20. The number of thioether (sulfide) groups is 1. The number of methoxy groups -OCH3 is 2. The van der Waals surface area contributed by atoms with Gasteiger partial charge in [-0.15, -0.1) is 0 Å². The number of hydrogen-bond donors (Lipinski definition) is 0. The fourth-order valence-electron chi connectivity index (χ4n) is 3.94. The lowest BCUT2D eigenvalue weighted by atomic mass is 10.1. The average molecular weight is 654 g/mol. The lowest BCUT2D eigenvalue weighted by molar-refractivity contribution is -0.127. The SMILES string of the molecule is COCCOCOc1cc(-c2nc(SC(C)C(=O)N(C)C)nc3c2c(C#N)cn3COCCS(C)(C)C)c(Cl)cc1OC. The molecular formula is C29H40ClN5O6S2. The maximum atomic E-state index is 12.7. The first-order valence-electron chi connectivity index (χ1n) is 13.4. The Morgan fingerprint density at radius 2 is 1.88 bits per heavy atom. The summed E-state index contributed by atoms with van der Waals surface area (Å²) in [4.78, 5) is 23.8. The molecule has 1 aromatic carbocycles. The van der Waals surface area contributed by atoms with Crippen LogP contribution >= 0.6 is 33.4 Å². The van der Waals surface area contributed by atoms with Gasteiger partial charge in [-0.2, -0.15) is 5.26 Å². The number of nitrogens with zero attached hydrogens (tertiary/aromatic N) is 5. The van der Waals surface area contributed by atoms with Gasteiger partial charge >= 0.3 is 0 Å². The minimum atomic E-state index is -0.728. The number of halogens is 1. The van der Waals surface area contributed by atoms with Gasteiger partial charge in [-0.1, -0.05) is 23.4 Å². The average Bonchev–Trinajstić information content (AvgIpc) is 3.31. The Labute approximate surface area is 264 Å². The van der Waals surface area contributed by atoms with Crippen molar-refractivity contribution in [2.75, 3.05) is 79.4 Å². The topological polar surface area (TPSA) is 121 Å². The molecule has 236 valence electrons. The van der Waals surface area contributed by atoms with Crippen LogP contribution in [0.4, 0.5) is 0 Å². The Bertz CT molecular complexity index is 1450. The van der Waals surface area contributed by atoms with Crippen LogP contribution < -0.4 is 9.47 Å². The molecule has 0 saturated carbocycles.